The number of unbranched alkanes of at least 4 members (excludes halogenated alkanes) is 4. The Morgan fingerprint density at radius 3 is 1.49 bits per heavy atom. The minimum Gasteiger partial charge on any atom is -0.481 e. The van der Waals surface area contributed by atoms with Crippen LogP contribution in [0, 0.1) is 0 Å². The molecular weight excluding hydrogens is 514 g/mol. The van der Waals surface area contributed by atoms with Crippen LogP contribution in [0.5, 0.6) is 0 Å². The molecule has 0 heterocycles. The lowest BCUT2D eigenvalue weighted by atomic mass is 10.1. The van der Waals surface area contributed by atoms with Crippen molar-refractivity contribution in [3.8, 4) is 0 Å². The van der Waals surface area contributed by atoms with E-state index in [-0.39, 0.29) is 31.3 Å². The van der Waals surface area contributed by atoms with Crippen molar-refractivity contribution in [2.24, 2.45) is 0 Å². The fraction of sp³-hybridized carbons (Fsp3) is 0.889. The fourth-order valence-electron chi connectivity index (χ4n) is 3.07. The molecule has 0 aromatic heterocycles. The second-order valence-electron chi connectivity index (χ2n) is 8.66. The number of hydrogen-bond acceptors (Lipinski definition) is 10. The third kappa shape index (κ3) is 32.3. The molecule has 0 saturated carbocycles. The molecule has 2 N–H and O–H groups in total. The second kappa shape index (κ2) is 30.7. The normalized spacial score (nSPS) is 11.0. The van der Waals surface area contributed by atoms with Gasteiger partial charge in [-0.25, -0.2) is 0 Å². The van der Waals surface area contributed by atoms with Gasteiger partial charge in [-0.2, -0.15) is 0 Å². The molecular formula is C27H51NO11. The molecule has 0 unspecified atom stereocenters. The molecule has 0 bridgehead atoms. The number of carbonyl (C=O) groups is 3. The van der Waals surface area contributed by atoms with Gasteiger partial charge in [0.2, 0.25) is 5.91 Å². The summed E-state index contributed by atoms with van der Waals surface area (Å²) in [6, 6.07) is 0. The summed E-state index contributed by atoms with van der Waals surface area (Å²) in [5, 5.41) is 11.2. The number of rotatable bonds is 31. The number of carboxylic acid groups (broad SMARTS) is 1. The summed E-state index contributed by atoms with van der Waals surface area (Å²) >= 11 is 0. The minimum absolute atomic E-state index is 0.00899. The Bertz CT molecular complexity index is 578. The summed E-state index contributed by atoms with van der Waals surface area (Å²) in [7, 11) is 0. The van der Waals surface area contributed by atoms with Gasteiger partial charge in [-0.15, -0.1) is 0 Å². The maximum Gasteiger partial charge on any atom is 0.305 e. The first-order valence-electron chi connectivity index (χ1n) is 14.2. The van der Waals surface area contributed by atoms with Gasteiger partial charge in [0.25, 0.3) is 0 Å². The minimum atomic E-state index is -0.982. The van der Waals surface area contributed by atoms with Crippen molar-refractivity contribution >= 4 is 17.8 Å². The molecule has 0 aromatic carbocycles. The summed E-state index contributed by atoms with van der Waals surface area (Å²) in [5.74, 6) is -1.41. The lowest BCUT2D eigenvalue weighted by Gasteiger charge is -2.09. The molecule has 0 aromatic rings. The zero-order valence-corrected chi connectivity index (χ0v) is 23.8. The van der Waals surface area contributed by atoms with Crippen LogP contribution < -0.4 is 5.32 Å². The Labute approximate surface area is 233 Å². The number of aliphatic carboxylic acids is 1. The molecule has 0 radical (unpaired) electrons. The van der Waals surface area contributed by atoms with E-state index in [2.05, 4.69) is 12.2 Å². The van der Waals surface area contributed by atoms with E-state index in [0.29, 0.717) is 98.7 Å². The Hall–Kier alpha value is -1.83. The Kier molecular flexibility index (Phi) is 29.3. The van der Waals surface area contributed by atoms with E-state index in [1.165, 1.54) is 19.3 Å². The van der Waals surface area contributed by atoms with E-state index in [1.54, 1.807) is 0 Å². The third-order valence-corrected chi connectivity index (χ3v) is 5.19. The van der Waals surface area contributed by atoms with E-state index < -0.39 is 5.97 Å². The van der Waals surface area contributed by atoms with Gasteiger partial charge in [-0.1, -0.05) is 32.6 Å². The predicted octanol–water partition coefficient (Wildman–Crippen LogP) is 2.36. The highest BCUT2D eigenvalue weighted by atomic mass is 16.6. The highest BCUT2D eigenvalue weighted by molar-refractivity contribution is 5.80. The largest absolute Gasteiger partial charge is 0.481 e. The Balaban J connectivity index is 3.14. The summed E-state index contributed by atoms with van der Waals surface area (Å²) in [5.41, 5.74) is 0. The number of carbonyl (C=O) groups excluding carboxylic acids is 2. The van der Waals surface area contributed by atoms with Crippen LogP contribution in [0.4, 0.5) is 0 Å². The molecule has 0 rings (SSSR count). The maximum atomic E-state index is 11.6. The highest BCUT2D eigenvalue weighted by Crippen LogP contribution is 2.05. The van der Waals surface area contributed by atoms with Crippen LogP contribution in [0.1, 0.15) is 64.7 Å². The first-order chi connectivity index (χ1) is 19.1. The van der Waals surface area contributed by atoms with E-state index in [4.69, 9.17) is 38.3 Å². The quantitative estimate of drug-likeness (QED) is 0.0943. The fourth-order valence-corrected chi connectivity index (χ4v) is 3.07. The summed E-state index contributed by atoms with van der Waals surface area (Å²) < 4.78 is 37.6. The van der Waals surface area contributed by atoms with Crippen LogP contribution in [0.2, 0.25) is 0 Å². The van der Waals surface area contributed by atoms with Crippen LogP contribution in [-0.4, -0.2) is 115 Å². The predicted molar refractivity (Wildman–Crippen MR) is 144 cm³/mol. The van der Waals surface area contributed by atoms with Crippen LogP contribution in [0.15, 0.2) is 0 Å². The van der Waals surface area contributed by atoms with Gasteiger partial charge in [0.1, 0.15) is 6.61 Å². The van der Waals surface area contributed by atoms with Gasteiger partial charge in [0, 0.05) is 26.0 Å². The molecule has 0 saturated heterocycles. The van der Waals surface area contributed by atoms with Crippen molar-refractivity contribution in [3.63, 3.8) is 0 Å². The topological polar surface area (TPSA) is 148 Å². The van der Waals surface area contributed by atoms with Crippen molar-refractivity contribution in [1.82, 2.24) is 5.32 Å². The summed E-state index contributed by atoms with van der Waals surface area (Å²) in [6.45, 7) is 8.37. The molecule has 0 atom stereocenters. The highest BCUT2D eigenvalue weighted by Gasteiger charge is 2.04. The number of nitrogens with one attached hydrogen (secondary N) is 1. The van der Waals surface area contributed by atoms with Crippen LogP contribution in [0.3, 0.4) is 0 Å². The number of hydrogen-bond donors (Lipinski definition) is 2. The smallest absolute Gasteiger partial charge is 0.305 e. The molecule has 39 heavy (non-hydrogen) atoms. The van der Waals surface area contributed by atoms with Crippen LogP contribution in [0.25, 0.3) is 0 Å². The second-order valence-corrected chi connectivity index (χ2v) is 8.66. The number of amides is 1. The molecule has 0 aliphatic rings. The molecule has 0 fully saturated rings. The summed E-state index contributed by atoms with van der Waals surface area (Å²) in [6.07, 6.45) is 6.52. The molecule has 0 aliphatic heterocycles. The Morgan fingerprint density at radius 2 is 1.00 bits per heavy atom. The number of carboxylic acids is 1. The Morgan fingerprint density at radius 1 is 0.538 bits per heavy atom. The van der Waals surface area contributed by atoms with Crippen molar-refractivity contribution in [2.45, 2.75) is 64.7 Å². The molecule has 0 aliphatic carbocycles. The number of esters is 1. The van der Waals surface area contributed by atoms with Crippen molar-refractivity contribution < 1.29 is 52.6 Å². The zero-order valence-electron chi connectivity index (χ0n) is 23.8. The zero-order chi connectivity index (χ0) is 28.7. The first kappa shape index (κ1) is 37.2. The molecule has 0 spiro atoms. The van der Waals surface area contributed by atoms with Gasteiger partial charge < -0.3 is 43.6 Å². The van der Waals surface area contributed by atoms with E-state index >= 15 is 0 Å². The third-order valence-electron chi connectivity index (χ3n) is 5.19. The lowest BCUT2D eigenvalue weighted by Crippen LogP contribution is -2.25. The van der Waals surface area contributed by atoms with Gasteiger partial charge in [0.05, 0.1) is 79.1 Å². The summed E-state index contributed by atoms with van der Waals surface area (Å²) in [4.78, 5) is 33.3. The molecule has 12 heteroatoms. The monoisotopic (exact) mass is 565 g/mol. The lowest BCUT2D eigenvalue weighted by molar-refractivity contribution is -0.145. The SMILES string of the molecule is CCCCCCCC(=O)OCCOCCOCCOCCOCCOCCOCCCNC(=O)CCC(=O)O. The van der Waals surface area contributed by atoms with E-state index in [9.17, 15) is 14.4 Å². The van der Waals surface area contributed by atoms with Gasteiger partial charge in [-0.05, 0) is 12.8 Å². The maximum absolute atomic E-state index is 11.6. The first-order valence-corrected chi connectivity index (χ1v) is 14.2. The van der Waals surface area contributed by atoms with E-state index in [1.807, 2.05) is 0 Å². The average Bonchev–Trinajstić information content (AvgIpc) is 2.92. The standard InChI is InChI=1S/C27H51NO11/c1-2-3-4-5-6-8-27(32)39-24-23-38-22-21-37-20-19-36-18-17-35-16-15-34-14-13-33-12-7-11-28-25(29)9-10-26(30)31/h2-24H2,1H3,(H,28,29)(H,30,31). The van der Waals surface area contributed by atoms with Crippen molar-refractivity contribution in [1.29, 1.82) is 0 Å². The van der Waals surface area contributed by atoms with E-state index in [0.717, 1.165) is 12.8 Å². The molecule has 230 valence electrons. The molecule has 12 nitrogen and oxygen atoms in total. The van der Waals surface area contributed by atoms with Crippen molar-refractivity contribution in [3.05, 3.63) is 0 Å². The van der Waals surface area contributed by atoms with Gasteiger partial charge >= 0.3 is 11.9 Å². The number of ether oxygens (including phenoxy) is 7. The van der Waals surface area contributed by atoms with Crippen LogP contribution in [-0.2, 0) is 47.5 Å². The van der Waals surface area contributed by atoms with Gasteiger partial charge in [0.15, 0.2) is 0 Å². The average molecular weight is 566 g/mol. The van der Waals surface area contributed by atoms with Gasteiger partial charge in [-0.3, -0.25) is 14.4 Å². The van der Waals surface area contributed by atoms with Crippen molar-refractivity contribution in [2.75, 3.05) is 92.4 Å². The molecule has 1 amide bonds. The van der Waals surface area contributed by atoms with Crippen LogP contribution >= 0.6 is 0 Å².